The highest BCUT2D eigenvalue weighted by atomic mass is 15.3. The molecule has 0 spiro atoms. The Morgan fingerprint density at radius 1 is 0.957 bits per heavy atom. The first-order chi connectivity index (χ1) is 11.0. The number of hydrazone groups is 1. The van der Waals surface area contributed by atoms with Gasteiger partial charge in [-0.3, -0.25) is 0 Å². The fraction of sp³-hybridized carbons (Fsp3) is 0.381. The number of nitrogens with one attached hydrogen (secondary N) is 1. The number of benzene rings is 2. The van der Waals surface area contributed by atoms with Gasteiger partial charge in [-0.2, -0.15) is 5.10 Å². The first kappa shape index (κ1) is 17.3. The van der Waals surface area contributed by atoms with Crippen molar-refractivity contribution in [3.05, 3.63) is 69.8 Å². The second-order valence-electron chi connectivity index (χ2n) is 6.36. The average molecular weight is 308 g/mol. The van der Waals surface area contributed by atoms with Crippen molar-refractivity contribution in [2.45, 2.75) is 47.0 Å². The second-order valence-corrected chi connectivity index (χ2v) is 6.36. The summed E-state index contributed by atoms with van der Waals surface area (Å²) in [7, 11) is 1.85. The standard InChI is InChI=1S/C21H28N2/c1-7-14(2)20-11-10-19(13-17(20)5)21(23-22-6)18-9-8-15(3)16(4)12-18/h8-14,22H,7H2,1-6H3. The smallest absolute Gasteiger partial charge is 0.0973 e. The van der Waals surface area contributed by atoms with Crippen LogP contribution >= 0.6 is 0 Å². The van der Waals surface area contributed by atoms with Crippen molar-refractivity contribution in [1.82, 2.24) is 5.43 Å². The lowest BCUT2D eigenvalue weighted by molar-refractivity contribution is 0.728. The Bertz CT molecular complexity index is 714. The molecule has 0 bridgehead atoms. The van der Waals surface area contributed by atoms with Crippen LogP contribution in [0.1, 0.15) is 59.6 Å². The Kier molecular flexibility index (Phi) is 5.59. The summed E-state index contributed by atoms with van der Waals surface area (Å²) in [5.41, 5.74) is 11.6. The molecule has 0 heterocycles. The van der Waals surface area contributed by atoms with Gasteiger partial charge >= 0.3 is 0 Å². The van der Waals surface area contributed by atoms with E-state index in [2.05, 4.69) is 81.5 Å². The minimum absolute atomic E-state index is 0.593. The molecular formula is C21H28N2. The molecule has 2 rings (SSSR count). The Balaban J connectivity index is 2.48. The topological polar surface area (TPSA) is 24.4 Å². The van der Waals surface area contributed by atoms with Crippen LogP contribution in [-0.4, -0.2) is 12.8 Å². The molecule has 122 valence electrons. The zero-order chi connectivity index (χ0) is 17.0. The van der Waals surface area contributed by atoms with E-state index in [1.165, 1.54) is 22.3 Å². The fourth-order valence-corrected chi connectivity index (χ4v) is 2.89. The van der Waals surface area contributed by atoms with Crippen molar-refractivity contribution >= 4 is 5.71 Å². The van der Waals surface area contributed by atoms with Gasteiger partial charge in [-0.15, -0.1) is 0 Å². The highest BCUT2D eigenvalue weighted by Gasteiger charge is 2.12. The van der Waals surface area contributed by atoms with Crippen molar-refractivity contribution in [2.75, 3.05) is 7.05 Å². The van der Waals surface area contributed by atoms with Crippen LogP contribution < -0.4 is 5.43 Å². The van der Waals surface area contributed by atoms with Gasteiger partial charge in [0.15, 0.2) is 0 Å². The van der Waals surface area contributed by atoms with E-state index < -0.39 is 0 Å². The van der Waals surface area contributed by atoms with Crippen LogP contribution in [0.4, 0.5) is 0 Å². The molecule has 0 saturated carbocycles. The minimum Gasteiger partial charge on any atom is -0.313 e. The Hall–Kier alpha value is -2.09. The van der Waals surface area contributed by atoms with Crippen molar-refractivity contribution in [3.63, 3.8) is 0 Å². The molecule has 0 aliphatic heterocycles. The van der Waals surface area contributed by atoms with Crippen LogP contribution in [0, 0.1) is 20.8 Å². The van der Waals surface area contributed by atoms with E-state index in [9.17, 15) is 0 Å². The lowest BCUT2D eigenvalue weighted by atomic mass is 9.90. The first-order valence-electron chi connectivity index (χ1n) is 8.40. The van der Waals surface area contributed by atoms with Crippen molar-refractivity contribution in [1.29, 1.82) is 0 Å². The quantitative estimate of drug-likeness (QED) is 0.603. The molecule has 2 nitrogen and oxygen atoms in total. The molecule has 23 heavy (non-hydrogen) atoms. The SMILES string of the molecule is CCC(C)c1ccc(C(=NNC)c2ccc(C)c(C)c2)cc1C. The van der Waals surface area contributed by atoms with Crippen molar-refractivity contribution < 1.29 is 0 Å². The van der Waals surface area contributed by atoms with E-state index in [1.807, 2.05) is 7.05 Å². The number of hydrogen-bond donors (Lipinski definition) is 1. The average Bonchev–Trinajstić information content (AvgIpc) is 2.54. The molecule has 1 unspecified atom stereocenters. The predicted molar refractivity (Wildman–Crippen MR) is 100 cm³/mol. The van der Waals surface area contributed by atoms with Crippen LogP contribution in [-0.2, 0) is 0 Å². The van der Waals surface area contributed by atoms with E-state index in [4.69, 9.17) is 0 Å². The third-order valence-electron chi connectivity index (χ3n) is 4.69. The van der Waals surface area contributed by atoms with E-state index in [1.54, 1.807) is 0 Å². The summed E-state index contributed by atoms with van der Waals surface area (Å²) in [5, 5.41) is 4.54. The molecule has 0 amide bonds. The molecule has 2 heteroatoms. The minimum atomic E-state index is 0.593. The second kappa shape index (κ2) is 7.45. The summed E-state index contributed by atoms with van der Waals surface area (Å²) in [6, 6.07) is 13.2. The summed E-state index contributed by atoms with van der Waals surface area (Å²) in [5.74, 6) is 0.593. The van der Waals surface area contributed by atoms with Gasteiger partial charge in [0.1, 0.15) is 0 Å². The number of rotatable bonds is 5. The summed E-state index contributed by atoms with van der Waals surface area (Å²) >= 11 is 0. The largest absolute Gasteiger partial charge is 0.313 e. The normalized spacial score (nSPS) is 13.0. The molecule has 0 fully saturated rings. The van der Waals surface area contributed by atoms with E-state index in [0.29, 0.717) is 5.92 Å². The molecule has 1 N–H and O–H groups in total. The third kappa shape index (κ3) is 3.82. The van der Waals surface area contributed by atoms with Crippen molar-refractivity contribution in [3.8, 4) is 0 Å². The van der Waals surface area contributed by atoms with Gasteiger partial charge in [0.05, 0.1) is 5.71 Å². The van der Waals surface area contributed by atoms with Gasteiger partial charge in [0, 0.05) is 18.2 Å². The maximum absolute atomic E-state index is 4.54. The highest BCUT2D eigenvalue weighted by Crippen LogP contribution is 2.24. The van der Waals surface area contributed by atoms with E-state index >= 15 is 0 Å². The molecule has 1 atom stereocenters. The molecule has 0 aliphatic carbocycles. The number of aryl methyl sites for hydroxylation is 3. The van der Waals surface area contributed by atoms with Gasteiger partial charge in [-0.25, -0.2) is 0 Å². The van der Waals surface area contributed by atoms with Gasteiger partial charge in [-0.05, 0) is 67.5 Å². The molecule has 0 aliphatic rings. The maximum Gasteiger partial charge on any atom is 0.0973 e. The van der Waals surface area contributed by atoms with Crippen molar-refractivity contribution in [2.24, 2.45) is 5.10 Å². The fourth-order valence-electron chi connectivity index (χ4n) is 2.89. The van der Waals surface area contributed by atoms with E-state index in [0.717, 1.165) is 23.3 Å². The Labute approximate surface area is 140 Å². The monoisotopic (exact) mass is 308 g/mol. The van der Waals surface area contributed by atoms with Crippen LogP contribution in [0.25, 0.3) is 0 Å². The summed E-state index contributed by atoms with van der Waals surface area (Å²) in [6.45, 7) is 11.0. The van der Waals surface area contributed by atoms with Crippen LogP contribution in [0.2, 0.25) is 0 Å². The highest BCUT2D eigenvalue weighted by molar-refractivity contribution is 6.13. The van der Waals surface area contributed by atoms with Crippen LogP contribution in [0.5, 0.6) is 0 Å². The van der Waals surface area contributed by atoms with Gasteiger partial charge in [0.2, 0.25) is 0 Å². The first-order valence-corrected chi connectivity index (χ1v) is 8.40. The molecule has 0 radical (unpaired) electrons. The van der Waals surface area contributed by atoms with Crippen LogP contribution in [0.15, 0.2) is 41.5 Å². The molecular weight excluding hydrogens is 280 g/mol. The predicted octanol–water partition coefficient (Wildman–Crippen LogP) is 5.10. The van der Waals surface area contributed by atoms with Gasteiger partial charge < -0.3 is 5.43 Å². The third-order valence-corrected chi connectivity index (χ3v) is 4.69. The molecule has 0 saturated heterocycles. The summed E-state index contributed by atoms with van der Waals surface area (Å²) in [4.78, 5) is 0. The maximum atomic E-state index is 4.54. The van der Waals surface area contributed by atoms with Gasteiger partial charge in [-0.1, -0.05) is 38.1 Å². The summed E-state index contributed by atoms with van der Waals surface area (Å²) < 4.78 is 0. The Morgan fingerprint density at radius 3 is 2.09 bits per heavy atom. The van der Waals surface area contributed by atoms with E-state index in [-0.39, 0.29) is 0 Å². The summed E-state index contributed by atoms with van der Waals surface area (Å²) in [6.07, 6.45) is 1.16. The molecule has 2 aromatic rings. The zero-order valence-corrected chi connectivity index (χ0v) is 15.2. The lowest BCUT2D eigenvalue weighted by Gasteiger charge is -2.15. The Morgan fingerprint density at radius 2 is 1.57 bits per heavy atom. The lowest BCUT2D eigenvalue weighted by Crippen LogP contribution is -2.10. The zero-order valence-electron chi connectivity index (χ0n) is 15.2. The number of nitrogens with zero attached hydrogens (tertiary/aromatic N) is 1. The molecule has 2 aromatic carbocycles. The van der Waals surface area contributed by atoms with Gasteiger partial charge in [0.25, 0.3) is 0 Å². The van der Waals surface area contributed by atoms with Crippen LogP contribution in [0.3, 0.4) is 0 Å². The number of hydrogen-bond acceptors (Lipinski definition) is 2. The molecule has 0 aromatic heterocycles.